The van der Waals surface area contributed by atoms with Gasteiger partial charge in [0.15, 0.2) is 11.5 Å². The molecule has 1 aliphatic rings. The molecule has 0 spiro atoms. The summed E-state index contributed by atoms with van der Waals surface area (Å²) in [4.78, 5) is 8.03. The average Bonchev–Trinajstić information content (AvgIpc) is 2.98. The molecular formula is C16H15N3O2. The Morgan fingerprint density at radius 1 is 1.10 bits per heavy atom. The molecule has 0 aliphatic carbocycles. The summed E-state index contributed by atoms with van der Waals surface area (Å²) in [5.74, 6) is 2.28. The van der Waals surface area contributed by atoms with Crippen molar-refractivity contribution in [2.75, 3.05) is 13.2 Å². The second-order valence-corrected chi connectivity index (χ2v) is 4.93. The number of aromatic amines is 1. The lowest BCUT2D eigenvalue weighted by atomic mass is 10.1. The zero-order chi connectivity index (χ0) is 14.2. The van der Waals surface area contributed by atoms with E-state index in [2.05, 4.69) is 4.98 Å². The van der Waals surface area contributed by atoms with Gasteiger partial charge in [-0.2, -0.15) is 0 Å². The standard InChI is InChI=1S/C16H15N3O2/c17-9-10-3-1-5-12-14(10)19-16(18-12)11-4-2-6-13-15(11)21-8-7-20-13/h1-6H,7-9,17H2,(H,18,19). The van der Waals surface area contributed by atoms with Crippen molar-refractivity contribution in [1.29, 1.82) is 0 Å². The number of nitrogens with zero attached hydrogens (tertiary/aromatic N) is 1. The first-order valence-corrected chi connectivity index (χ1v) is 6.93. The van der Waals surface area contributed by atoms with Crippen molar-refractivity contribution in [3.63, 3.8) is 0 Å². The number of H-pyrrole nitrogens is 1. The van der Waals surface area contributed by atoms with Crippen LogP contribution in [-0.4, -0.2) is 23.2 Å². The third-order valence-electron chi connectivity index (χ3n) is 3.64. The highest BCUT2D eigenvalue weighted by Gasteiger charge is 2.19. The Morgan fingerprint density at radius 2 is 1.95 bits per heavy atom. The van der Waals surface area contributed by atoms with Gasteiger partial charge in [-0.15, -0.1) is 0 Å². The van der Waals surface area contributed by atoms with Crippen LogP contribution in [0.2, 0.25) is 0 Å². The number of aromatic nitrogens is 2. The van der Waals surface area contributed by atoms with E-state index in [1.165, 1.54) is 0 Å². The van der Waals surface area contributed by atoms with Crippen molar-refractivity contribution in [1.82, 2.24) is 9.97 Å². The van der Waals surface area contributed by atoms with Crippen molar-refractivity contribution in [3.05, 3.63) is 42.0 Å². The van der Waals surface area contributed by atoms with Gasteiger partial charge in [-0.25, -0.2) is 4.98 Å². The van der Waals surface area contributed by atoms with E-state index >= 15 is 0 Å². The minimum absolute atomic E-state index is 0.466. The molecule has 0 radical (unpaired) electrons. The number of nitrogens with one attached hydrogen (secondary N) is 1. The first-order chi connectivity index (χ1) is 10.4. The number of para-hydroxylation sites is 2. The van der Waals surface area contributed by atoms with Gasteiger partial charge in [-0.05, 0) is 23.8 Å². The fourth-order valence-corrected chi connectivity index (χ4v) is 2.64. The molecule has 0 saturated heterocycles. The highest BCUT2D eigenvalue weighted by atomic mass is 16.6. The molecule has 1 aromatic heterocycles. The fourth-order valence-electron chi connectivity index (χ4n) is 2.64. The zero-order valence-electron chi connectivity index (χ0n) is 11.4. The monoisotopic (exact) mass is 281 g/mol. The van der Waals surface area contributed by atoms with Gasteiger partial charge in [-0.3, -0.25) is 0 Å². The third kappa shape index (κ3) is 1.94. The van der Waals surface area contributed by atoms with Crippen LogP contribution in [0.15, 0.2) is 36.4 Å². The zero-order valence-corrected chi connectivity index (χ0v) is 11.4. The van der Waals surface area contributed by atoms with Gasteiger partial charge in [0.05, 0.1) is 16.6 Å². The van der Waals surface area contributed by atoms with Crippen molar-refractivity contribution < 1.29 is 9.47 Å². The van der Waals surface area contributed by atoms with E-state index in [0.717, 1.165) is 39.5 Å². The number of rotatable bonds is 2. The molecule has 0 saturated carbocycles. The molecule has 3 N–H and O–H groups in total. The van der Waals surface area contributed by atoms with Crippen molar-refractivity contribution in [3.8, 4) is 22.9 Å². The molecule has 5 nitrogen and oxygen atoms in total. The minimum atomic E-state index is 0.466. The van der Waals surface area contributed by atoms with E-state index in [0.29, 0.717) is 19.8 Å². The Bertz CT molecular complexity index is 810. The first-order valence-electron chi connectivity index (χ1n) is 6.93. The minimum Gasteiger partial charge on any atom is -0.486 e. The van der Waals surface area contributed by atoms with Gasteiger partial charge < -0.3 is 20.2 Å². The summed E-state index contributed by atoms with van der Waals surface area (Å²) < 4.78 is 11.4. The summed E-state index contributed by atoms with van der Waals surface area (Å²) in [6.45, 7) is 1.60. The maximum Gasteiger partial charge on any atom is 0.172 e. The number of hydrogen-bond donors (Lipinski definition) is 2. The number of nitrogens with two attached hydrogens (primary N) is 1. The molecule has 5 heteroatoms. The lowest BCUT2D eigenvalue weighted by Gasteiger charge is -2.20. The summed E-state index contributed by atoms with van der Waals surface area (Å²) in [5.41, 5.74) is 9.59. The Morgan fingerprint density at radius 3 is 2.86 bits per heavy atom. The van der Waals surface area contributed by atoms with Crippen LogP contribution >= 0.6 is 0 Å². The molecule has 0 fully saturated rings. The van der Waals surface area contributed by atoms with Gasteiger partial charge in [0, 0.05) is 6.54 Å². The van der Waals surface area contributed by atoms with Crippen LogP contribution < -0.4 is 15.2 Å². The molecule has 2 heterocycles. The van der Waals surface area contributed by atoms with Gasteiger partial charge in [-0.1, -0.05) is 18.2 Å². The van der Waals surface area contributed by atoms with E-state index in [1.807, 2.05) is 36.4 Å². The summed E-state index contributed by atoms with van der Waals surface area (Å²) in [6.07, 6.45) is 0. The Labute approximate surface area is 121 Å². The summed E-state index contributed by atoms with van der Waals surface area (Å²) in [5, 5.41) is 0. The molecule has 0 atom stereocenters. The van der Waals surface area contributed by atoms with E-state index < -0.39 is 0 Å². The molecule has 3 aromatic rings. The molecule has 2 aromatic carbocycles. The Kier molecular flexibility index (Phi) is 2.79. The number of fused-ring (bicyclic) bond motifs is 2. The van der Waals surface area contributed by atoms with E-state index in [4.69, 9.17) is 20.2 Å². The quantitative estimate of drug-likeness (QED) is 0.756. The topological polar surface area (TPSA) is 73.2 Å². The fraction of sp³-hybridized carbons (Fsp3) is 0.188. The Balaban J connectivity index is 1.91. The molecule has 4 rings (SSSR count). The van der Waals surface area contributed by atoms with Crippen molar-refractivity contribution in [2.45, 2.75) is 6.54 Å². The SMILES string of the molecule is NCc1cccc2[nH]c(-c3cccc4c3OCCO4)nc12. The largest absolute Gasteiger partial charge is 0.486 e. The van der Waals surface area contributed by atoms with Gasteiger partial charge in [0.2, 0.25) is 0 Å². The number of hydrogen-bond acceptors (Lipinski definition) is 4. The van der Waals surface area contributed by atoms with Gasteiger partial charge in [0.25, 0.3) is 0 Å². The van der Waals surface area contributed by atoms with Crippen LogP contribution in [-0.2, 0) is 6.54 Å². The Hall–Kier alpha value is -2.53. The smallest absolute Gasteiger partial charge is 0.172 e. The normalized spacial score (nSPS) is 13.6. The highest BCUT2D eigenvalue weighted by molar-refractivity contribution is 5.84. The van der Waals surface area contributed by atoms with Crippen molar-refractivity contribution >= 4 is 11.0 Å². The molecule has 106 valence electrons. The molecule has 21 heavy (non-hydrogen) atoms. The highest BCUT2D eigenvalue weighted by Crippen LogP contribution is 2.39. The number of ether oxygens (including phenoxy) is 2. The average molecular weight is 281 g/mol. The summed E-state index contributed by atoms with van der Waals surface area (Å²) in [7, 11) is 0. The van der Waals surface area contributed by atoms with Crippen LogP contribution in [0.5, 0.6) is 11.5 Å². The molecule has 0 amide bonds. The van der Waals surface area contributed by atoms with Crippen LogP contribution in [0.3, 0.4) is 0 Å². The van der Waals surface area contributed by atoms with Crippen LogP contribution in [0.25, 0.3) is 22.4 Å². The number of imidazole rings is 1. The first kappa shape index (κ1) is 12.2. The van der Waals surface area contributed by atoms with Gasteiger partial charge >= 0.3 is 0 Å². The van der Waals surface area contributed by atoms with Crippen LogP contribution in [0.4, 0.5) is 0 Å². The lowest BCUT2D eigenvalue weighted by molar-refractivity contribution is 0.172. The van der Waals surface area contributed by atoms with Crippen LogP contribution in [0.1, 0.15) is 5.56 Å². The summed E-state index contributed by atoms with van der Waals surface area (Å²) >= 11 is 0. The predicted octanol–water partition coefficient (Wildman–Crippen LogP) is 2.46. The molecular weight excluding hydrogens is 266 g/mol. The second-order valence-electron chi connectivity index (χ2n) is 4.93. The van der Waals surface area contributed by atoms with Crippen LogP contribution in [0, 0.1) is 0 Å². The molecule has 0 bridgehead atoms. The second kappa shape index (κ2) is 4.79. The third-order valence-corrected chi connectivity index (χ3v) is 3.64. The lowest BCUT2D eigenvalue weighted by Crippen LogP contribution is -2.15. The maximum atomic E-state index is 5.78. The molecule has 0 unspecified atom stereocenters. The maximum absolute atomic E-state index is 5.78. The van der Waals surface area contributed by atoms with E-state index in [9.17, 15) is 0 Å². The van der Waals surface area contributed by atoms with Crippen molar-refractivity contribution in [2.24, 2.45) is 5.73 Å². The summed E-state index contributed by atoms with van der Waals surface area (Å²) in [6, 6.07) is 11.8. The van der Waals surface area contributed by atoms with E-state index in [1.54, 1.807) is 0 Å². The predicted molar refractivity (Wildman–Crippen MR) is 80.4 cm³/mol. The molecule has 1 aliphatic heterocycles. The van der Waals surface area contributed by atoms with Gasteiger partial charge in [0.1, 0.15) is 19.0 Å². The number of benzene rings is 2. The van der Waals surface area contributed by atoms with E-state index in [-0.39, 0.29) is 0 Å².